The van der Waals surface area contributed by atoms with Gasteiger partial charge in [0.2, 0.25) is 11.9 Å². The molecule has 132 valence electrons. The minimum atomic E-state index is -0.532. The highest BCUT2D eigenvalue weighted by Gasteiger charge is 2.27. The average Bonchev–Trinajstić information content (AvgIpc) is 2.59. The standard InChI is InChI=1S/C16H26N6O2/c1-12-6-3-4-11-22(12)14(23)13(2)21-16(24)20-10-9-19-15-17-7-5-8-18-15/h5,7-8,12-13H,3-4,6,9-11H2,1-2H3,(H,17,18,19)(H2,20,21,24)/t12-,13+/m0/s1. The van der Waals surface area contributed by atoms with Crippen LogP contribution >= 0.6 is 0 Å². The van der Waals surface area contributed by atoms with Crippen molar-refractivity contribution in [3.8, 4) is 0 Å². The number of hydrogen-bond acceptors (Lipinski definition) is 5. The summed E-state index contributed by atoms with van der Waals surface area (Å²) in [6.07, 6.45) is 6.50. The van der Waals surface area contributed by atoms with Crippen LogP contribution in [-0.4, -0.2) is 58.5 Å². The first-order valence-corrected chi connectivity index (χ1v) is 8.43. The van der Waals surface area contributed by atoms with Crippen molar-refractivity contribution in [2.45, 2.75) is 45.2 Å². The molecule has 3 amide bonds. The molecule has 2 atom stereocenters. The van der Waals surface area contributed by atoms with Crippen molar-refractivity contribution >= 4 is 17.9 Å². The summed E-state index contributed by atoms with van der Waals surface area (Å²) in [4.78, 5) is 34.2. The van der Waals surface area contributed by atoms with Gasteiger partial charge >= 0.3 is 6.03 Å². The van der Waals surface area contributed by atoms with Crippen LogP contribution in [0, 0.1) is 0 Å². The predicted molar refractivity (Wildman–Crippen MR) is 91.5 cm³/mol. The number of aromatic nitrogens is 2. The van der Waals surface area contributed by atoms with Crippen molar-refractivity contribution in [2.75, 3.05) is 25.0 Å². The lowest BCUT2D eigenvalue weighted by Gasteiger charge is -2.35. The molecule has 0 bridgehead atoms. The molecular weight excluding hydrogens is 308 g/mol. The smallest absolute Gasteiger partial charge is 0.315 e. The van der Waals surface area contributed by atoms with E-state index < -0.39 is 6.04 Å². The third-order valence-corrected chi connectivity index (χ3v) is 4.06. The van der Waals surface area contributed by atoms with E-state index in [4.69, 9.17) is 0 Å². The second-order valence-corrected chi connectivity index (χ2v) is 6.00. The minimum absolute atomic E-state index is 0.0202. The molecule has 24 heavy (non-hydrogen) atoms. The number of rotatable bonds is 6. The monoisotopic (exact) mass is 334 g/mol. The molecular formula is C16H26N6O2. The zero-order valence-electron chi connectivity index (χ0n) is 14.3. The Bertz CT molecular complexity index is 539. The number of piperidine rings is 1. The van der Waals surface area contributed by atoms with E-state index in [9.17, 15) is 9.59 Å². The molecule has 1 saturated heterocycles. The number of anilines is 1. The number of nitrogens with zero attached hydrogens (tertiary/aromatic N) is 3. The quantitative estimate of drug-likeness (QED) is 0.674. The van der Waals surface area contributed by atoms with Crippen molar-refractivity contribution in [1.82, 2.24) is 25.5 Å². The van der Waals surface area contributed by atoms with Gasteiger partial charge in [0.15, 0.2) is 0 Å². The first kappa shape index (κ1) is 18.0. The van der Waals surface area contributed by atoms with Crippen LogP contribution in [0.15, 0.2) is 18.5 Å². The van der Waals surface area contributed by atoms with Gasteiger partial charge in [-0.1, -0.05) is 0 Å². The second-order valence-electron chi connectivity index (χ2n) is 6.00. The number of likely N-dealkylation sites (tertiary alicyclic amines) is 1. The fraction of sp³-hybridized carbons (Fsp3) is 0.625. The Morgan fingerprint density at radius 3 is 2.75 bits per heavy atom. The summed E-state index contributed by atoms with van der Waals surface area (Å²) in [7, 11) is 0. The number of hydrogen-bond donors (Lipinski definition) is 3. The van der Waals surface area contributed by atoms with Crippen LogP contribution < -0.4 is 16.0 Å². The van der Waals surface area contributed by atoms with Gasteiger partial charge in [0, 0.05) is 38.1 Å². The topological polar surface area (TPSA) is 99.3 Å². The Kier molecular flexibility index (Phi) is 6.77. The van der Waals surface area contributed by atoms with Crippen LogP contribution in [0.5, 0.6) is 0 Å². The number of carbonyl (C=O) groups is 2. The fourth-order valence-electron chi connectivity index (χ4n) is 2.72. The highest BCUT2D eigenvalue weighted by Crippen LogP contribution is 2.17. The molecule has 8 nitrogen and oxygen atoms in total. The van der Waals surface area contributed by atoms with Crippen LogP contribution in [0.25, 0.3) is 0 Å². The first-order valence-electron chi connectivity index (χ1n) is 8.43. The molecule has 0 aliphatic carbocycles. The third-order valence-electron chi connectivity index (χ3n) is 4.06. The maximum absolute atomic E-state index is 12.4. The second kappa shape index (κ2) is 9.05. The molecule has 2 heterocycles. The van der Waals surface area contributed by atoms with Crippen LogP contribution in [0.1, 0.15) is 33.1 Å². The van der Waals surface area contributed by atoms with E-state index in [0.717, 1.165) is 25.8 Å². The molecule has 1 aliphatic rings. The normalized spacial score (nSPS) is 18.6. The SMILES string of the molecule is C[C@@H](NC(=O)NCCNc1ncccn1)C(=O)N1CCCC[C@@H]1C. The van der Waals surface area contributed by atoms with Crippen molar-refractivity contribution in [3.05, 3.63) is 18.5 Å². The van der Waals surface area contributed by atoms with Crippen LogP contribution in [-0.2, 0) is 4.79 Å². The van der Waals surface area contributed by atoms with E-state index in [2.05, 4.69) is 32.8 Å². The molecule has 1 fully saturated rings. The number of urea groups is 1. The molecule has 1 aromatic heterocycles. The van der Waals surface area contributed by atoms with Crippen molar-refractivity contribution in [3.63, 3.8) is 0 Å². The van der Waals surface area contributed by atoms with Gasteiger partial charge in [-0.15, -0.1) is 0 Å². The summed E-state index contributed by atoms with van der Waals surface area (Å²) in [5, 5.41) is 8.40. The zero-order chi connectivity index (χ0) is 17.4. The van der Waals surface area contributed by atoms with E-state index in [1.54, 1.807) is 25.4 Å². The number of amides is 3. The Hall–Kier alpha value is -2.38. The molecule has 2 rings (SSSR count). The number of nitrogens with one attached hydrogen (secondary N) is 3. The van der Waals surface area contributed by atoms with Crippen molar-refractivity contribution in [1.29, 1.82) is 0 Å². The molecule has 0 saturated carbocycles. The summed E-state index contributed by atoms with van der Waals surface area (Å²) in [6.45, 7) is 5.46. The third kappa shape index (κ3) is 5.36. The Morgan fingerprint density at radius 1 is 1.29 bits per heavy atom. The van der Waals surface area contributed by atoms with Gasteiger partial charge < -0.3 is 20.9 Å². The lowest BCUT2D eigenvalue weighted by molar-refractivity contribution is -0.136. The van der Waals surface area contributed by atoms with Gasteiger partial charge in [0.1, 0.15) is 6.04 Å². The summed E-state index contributed by atoms with van der Waals surface area (Å²) < 4.78 is 0. The minimum Gasteiger partial charge on any atom is -0.352 e. The summed E-state index contributed by atoms with van der Waals surface area (Å²) in [5.74, 6) is 0.496. The van der Waals surface area contributed by atoms with Crippen LogP contribution in [0.3, 0.4) is 0 Å². The Morgan fingerprint density at radius 2 is 2.04 bits per heavy atom. The lowest BCUT2D eigenvalue weighted by Crippen LogP contribution is -2.53. The highest BCUT2D eigenvalue weighted by atomic mass is 16.2. The van der Waals surface area contributed by atoms with Gasteiger partial charge in [-0.25, -0.2) is 14.8 Å². The Balaban J connectivity index is 1.66. The molecule has 0 unspecified atom stereocenters. The van der Waals surface area contributed by atoms with E-state index >= 15 is 0 Å². The molecule has 3 N–H and O–H groups in total. The highest BCUT2D eigenvalue weighted by molar-refractivity contribution is 5.87. The molecule has 8 heteroatoms. The van der Waals surface area contributed by atoms with Crippen molar-refractivity contribution in [2.24, 2.45) is 0 Å². The van der Waals surface area contributed by atoms with E-state index in [1.165, 1.54) is 0 Å². The maximum atomic E-state index is 12.4. The number of carbonyl (C=O) groups excluding carboxylic acids is 2. The van der Waals surface area contributed by atoms with E-state index in [1.807, 2.05) is 4.90 Å². The van der Waals surface area contributed by atoms with E-state index in [-0.39, 0.29) is 18.0 Å². The van der Waals surface area contributed by atoms with Gasteiger partial charge in [0.05, 0.1) is 0 Å². The van der Waals surface area contributed by atoms with Gasteiger partial charge in [-0.3, -0.25) is 4.79 Å². The molecule has 0 spiro atoms. The summed E-state index contributed by atoms with van der Waals surface area (Å²) in [5.41, 5.74) is 0. The largest absolute Gasteiger partial charge is 0.352 e. The van der Waals surface area contributed by atoms with Gasteiger partial charge in [-0.05, 0) is 39.2 Å². The fourth-order valence-corrected chi connectivity index (χ4v) is 2.72. The first-order chi connectivity index (χ1) is 11.6. The molecule has 1 aromatic rings. The predicted octanol–water partition coefficient (Wildman–Crippen LogP) is 0.977. The maximum Gasteiger partial charge on any atom is 0.315 e. The zero-order valence-corrected chi connectivity index (χ0v) is 14.3. The van der Waals surface area contributed by atoms with Gasteiger partial charge in [-0.2, -0.15) is 0 Å². The van der Waals surface area contributed by atoms with E-state index in [0.29, 0.717) is 19.0 Å². The summed E-state index contributed by atoms with van der Waals surface area (Å²) in [6, 6.07) is 1.10. The molecule has 1 aliphatic heterocycles. The molecule has 0 radical (unpaired) electrons. The van der Waals surface area contributed by atoms with Crippen molar-refractivity contribution < 1.29 is 9.59 Å². The van der Waals surface area contributed by atoms with Crippen LogP contribution in [0.2, 0.25) is 0 Å². The van der Waals surface area contributed by atoms with Crippen LogP contribution in [0.4, 0.5) is 10.7 Å². The average molecular weight is 334 g/mol. The molecule has 0 aromatic carbocycles. The summed E-state index contributed by atoms with van der Waals surface area (Å²) >= 11 is 0. The Labute approximate surface area is 142 Å². The lowest BCUT2D eigenvalue weighted by atomic mass is 10.0. The van der Waals surface area contributed by atoms with Gasteiger partial charge in [0.25, 0.3) is 0 Å².